The van der Waals surface area contributed by atoms with Crippen molar-refractivity contribution in [3.8, 4) is 0 Å². The lowest BCUT2D eigenvalue weighted by Gasteiger charge is -2.07. The van der Waals surface area contributed by atoms with Crippen LogP contribution >= 0.6 is 0 Å². The quantitative estimate of drug-likeness (QED) is 0.777. The number of amides is 1. The fourth-order valence-electron chi connectivity index (χ4n) is 1.99. The van der Waals surface area contributed by atoms with Crippen LogP contribution in [0, 0.1) is 0 Å². The monoisotopic (exact) mass is 288 g/mol. The first kappa shape index (κ1) is 13.2. The molecule has 2 N–H and O–H groups in total. The van der Waals surface area contributed by atoms with Crippen molar-refractivity contribution in [1.82, 2.24) is 15.0 Å². The van der Waals surface area contributed by atoms with Crippen LogP contribution < -0.4 is 5.32 Å². The van der Waals surface area contributed by atoms with Crippen molar-refractivity contribution in [1.29, 1.82) is 0 Å². The van der Waals surface area contributed by atoms with E-state index in [4.69, 9.17) is 0 Å². The Morgan fingerprint density at radius 3 is 2.90 bits per heavy atom. The van der Waals surface area contributed by atoms with Crippen LogP contribution in [0.5, 0.6) is 0 Å². The molecule has 0 fully saturated rings. The Bertz CT molecular complexity index is 800. The van der Waals surface area contributed by atoms with Gasteiger partial charge >= 0.3 is 0 Å². The van der Waals surface area contributed by atoms with E-state index in [1.807, 2.05) is 0 Å². The number of carbonyl (C=O) groups is 1. The molecule has 2 heterocycles. The number of halogens is 2. The molecular weight excluding hydrogens is 278 g/mol. The van der Waals surface area contributed by atoms with Gasteiger partial charge in [0.2, 0.25) is 0 Å². The Kier molecular flexibility index (Phi) is 3.31. The molecule has 0 unspecified atom stereocenters. The zero-order valence-corrected chi connectivity index (χ0v) is 10.7. The van der Waals surface area contributed by atoms with Crippen molar-refractivity contribution in [2.24, 2.45) is 0 Å². The first-order chi connectivity index (χ1) is 10.1. The van der Waals surface area contributed by atoms with E-state index in [9.17, 15) is 13.6 Å². The van der Waals surface area contributed by atoms with Gasteiger partial charge in [-0.1, -0.05) is 12.1 Å². The molecule has 1 amide bonds. The maximum Gasteiger partial charge on any atom is 0.263 e. The van der Waals surface area contributed by atoms with Gasteiger partial charge in [-0.05, 0) is 18.2 Å². The second kappa shape index (κ2) is 5.28. The largest absolute Gasteiger partial charge is 0.343 e. The predicted octanol–water partition coefficient (Wildman–Crippen LogP) is 3.15. The molecule has 0 aliphatic carbocycles. The molecule has 0 atom stereocenters. The molecule has 7 heteroatoms. The summed E-state index contributed by atoms with van der Waals surface area (Å²) < 4.78 is 25.3. The van der Waals surface area contributed by atoms with Gasteiger partial charge in [-0.3, -0.25) is 4.79 Å². The topological polar surface area (TPSA) is 70.7 Å². The Morgan fingerprint density at radius 2 is 2.10 bits per heavy atom. The van der Waals surface area contributed by atoms with E-state index < -0.39 is 12.3 Å². The zero-order chi connectivity index (χ0) is 14.8. The molecule has 106 valence electrons. The summed E-state index contributed by atoms with van der Waals surface area (Å²) in [5.41, 5.74) is 1.43. The Morgan fingerprint density at radius 1 is 1.24 bits per heavy atom. The molecular formula is C14H10F2N4O. The molecule has 0 aliphatic rings. The molecule has 1 aromatic carbocycles. The molecule has 5 nitrogen and oxygen atoms in total. The number of fused-ring (bicyclic) bond motifs is 1. The van der Waals surface area contributed by atoms with E-state index in [2.05, 4.69) is 20.3 Å². The van der Waals surface area contributed by atoms with Gasteiger partial charge in [0.1, 0.15) is 0 Å². The van der Waals surface area contributed by atoms with Crippen LogP contribution in [0.3, 0.4) is 0 Å². The molecule has 0 spiro atoms. The molecule has 2 aromatic heterocycles. The normalized spacial score (nSPS) is 11.0. The lowest BCUT2D eigenvalue weighted by atomic mass is 10.2. The summed E-state index contributed by atoms with van der Waals surface area (Å²) in [6.07, 6.45) is 0.321. The standard InChI is InChI=1S/C14H10F2N4O/c15-12(16)8-2-1-3-9(6-8)20-14(21)10-4-5-17-13-11(10)18-7-19-13/h1-7,12H,(H,20,21)(H,17,18,19). The van der Waals surface area contributed by atoms with E-state index in [1.54, 1.807) is 6.07 Å². The number of carbonyl (C=O) groups excluding carboxylic acids is 1. The highest BCUT2D eigenvalue weighted by Gasteiger charge is 2.13. The summed E-state index contributed by atoms with van der Waals surface area (Å²) in [5.74, 6) is -0.418. The molecule has 21 heavy (non-hydrogen) atoms. The molecule has 0 saturated heterocycles. The maximum atomic E-state index is 12.6. The first-order valence-corrected chi connectivity index (χ1v) is 6.12. The number of aromatic nitrogens is 3. The van der Waals surface area contributed by atoms with Crippen LogP contribution in [-0.4, -0.2) is 20.9 Å². The van der Waals surface area contributed by atoms with Crippen LogP contribution in [0.25, 0.3) is 11.2 Å². The second-order valence-corrected chi connectivity index (χ2v) is 4.34. The van der Waals surface area contributed by atoms with Crippen molar-refractivity contribution in [3.05, 3.63) is 54.0 Å². The number of pyridine rings is 1. The van der Waals surface area contributed by atoms with Gasteiger partial charge in [-0.15, -0.1) is 0 Å². The van der Waals surface area contributed by atoms with Crippen molar-refractivity contribution >= 4 is 22.8 Å². The second-order valence-electron chi connectivity index (χ2n) is 4.34. The minimum absolute atomic E-state index is 0.144. The van der Waals surface area contributed by atoms with E-state index in [-0.39, 0.29) is 5.56 Å². The summed E-state index contributed by atoms with van der Waals surface area (Å²) in [6.45, 7) is 0. The average Bonchev–Trinajstić information content (AvgIpc) is 2.95. The smallest absolute Gasteiger partial charge is 0.263 e. The molecule has 0 radical (unpaired) electrons. The zero-order valence-electron chi connectivity index (χ0n) is 10.7. The van der Waals surface area contributed by atoms with Gasteiger partial charge in [0.25, 0.3) is 12.3 Å². The molecule has 0 aliphatic heterocycles. The highest BCUT2D eigenvalue weighted by Crippen LogP contribution is 2.22. The number of nitrogens with one attached hydrogen (secondary N) is 2. The fourth-order valence-corrected chi connectivity index (χ4v) is 1.99. The van der Waals surface area contributed by atoms with Gasteiger partial charge in [0, 0.05) is 17.4 Å². The summed E-state index contributed by atoms with van der Waals surface area (Å²) in [6, 6.07) is 7.10. The van der Waals surface area contributed by atoms with Crippen molar-refractivity contribution in [2.75, 3.05) is 5.32 Å². The van der Waals surface area contributed by atoms with E-state index >= 15 is 0 Å². The number of hydrogen-bond donors (Lipinski definition) is 2. The van der Waals surface area contributed by atoms with Crippen LogP contribution in [0.4, 0.5) is 14.5 Å². The summed E-state index contributed by atoms with van der Waals surface area (Å²) in [4.78, 5) is 23.0. The number of imidazole rings is 1. The molecule has 3 rings (SSSR count). The number of benzene rings is 1. The minimum Gasteiger partial charge on any atom is -0.343 e. The van der Waals surface area contributed by atoms with Gasteiger partial charge < -0.3 is 10.3 Å². The number of rotatable bonds is 3. The third kappa shape index (κ3) is 2.58. The highest BCUT2D eigenvalue weighted by molar-refractivity contribution is 6.10. The lowest BCUT2D eigenvalue weighted by molar-refractivity contribution is 0.102. The SMILES string of the molecule is O=C(Nc1cccc(C(F)F)c1)c1ccnc2nc[nH]c12. The number of nitrogens with zero attached hydrogens (tertiary/aromatic N) is 2. The third-order valence-corrected chi connectivity index (χ3v) is 2.97. The number of anilines is 1. The number of aromatic amines is 1. The Balaban J connectivity index is 1.90. The van der Waals surface area contributed by atoms with Gasteiger partial charge in [0.05, 0.1) is 17.4 Å². The van der Waals surface area contributed by atoms with Crippen molar-refractivity contribution in [2.45, 2.75) is 6.43 Å². The van der Waals surface area contributed by atoms with Gasteiger partial charge in [-0.2, -0.15) is 0 Å². The van der Waals surface area contributed by atoms with Crippen LogP contribution in [-0.2, 0) is 0 Å². The molecule has 3 aromatic rings. The Hall–Kier alpha value is -2.83. The van der Waals surface area contributed by atoms with Crippen LogP contribution in [0.1, 0.15) is 22.3 Å². The fraction of sp³-hybridized carbons (Fsp3) is 0.0714. The first-order valence-electron chi connectivity index (χ1n) is 6.12. The summed E-state index contributed by atoms with van der Waals surface area (Å²) >= 11 is 0. The highest BCUT2D eigenvalue weighted by atomic mass is 19.3. The summed E-state index contributed by atoms with van der Waals surface area (Å²) in [5, 5.41) is 2.59. The third-order valence-electron chi connectivity index (χ3n) is 2.97. The minimum atomic E-state index is -2.58. The number of H-pyrrole nitrogens is 1. The van der Waals surface area contributed by atoms with Crippen LogP contribution in [0.15, 0.2) is 42.9 Å². The predicted molar refractivity (Wildman–Crippen MR) is 73.2 cm³/mol. The molecule has 0 bridgehead atoms. The van der Waals surface area contributed by atoms with Gasteiger partial charge in [0.15, 0.2) is 5.65 Å². The van der Waals surface area contributed by atoms with E-state index in [0.29, 0.717) is 22.4 Å². The van der Waals surface area contributed by atoms with Crippen molar-refractivity contribution in [3.63, 3.8) is 0 Å². The van der Waals surface area contributed by atoms with Crippen molar-refractivity contribution < 1.29 is 13.6 Å². The average molecular weight is 288 g/mol. The van der Waals surface area contributed by atoms with E-state index in [1.165, 1.54) is 36.8 Å². The number of hydrogen-bond acceptors (Lipinski definition) is 3. The summed E-state index contributed by atoms with van der Waals surface area (Å²) in [7, 11) is 0. The van der Waals surface area contributed by atoms with Gasteiger partial charge in [-0.25, -0.2) is 18.7 Å². The van der Waals surface area contributed by atoms with E-state index in [0.717, 1.165) is 0 Å². The Labute approximate surface area is 118 Å². The molecule has 0 saturated carbocycles. The van der Waals surface area contributed by atoms with Crippen LogP contribution in [0.2, 0.25) is 0 Å². The number of alkyl halides is 2. The lowest BCUT2D eigenvalue weighted by Crippen LogP contribution is -2.12. The maximum absolute atomic E-state index is 12.6.